The number of likely N-dealkylation sites (N-methyl/N-ethyl adjacent to an activating group) is 1. The zero-order valence-corrected chi connectivity index (χ0v) is 25.4. The highest BCUT2D eigenvalue weighted by molar-refractivity contribution is 8.22. The van der Waals surface area contributed by atoms with Crippen LogP contribution in [-0.2, 0) is 23.1 Å². The van der Waals surface area contributed by atoms with Crippen LogP contribution >= 0.6 is 10.8 Å². The number of hydrogen-bond acceptors (Lipinski definition) is 8. The molecule has 1 aromatic heterocycles. The average molecular weight is 578 g/mol. The van der Waals surface area contributed by atoms with E-state index >= 15 is 0 Å². The van der Waals surface area contributed by atoms with Crippen LogP contribution in [0, 0.1) is 19.8 Å². The van der Waals surface area contributed by atoms with Crippen LogP contribution in [0.3, 0.4) is 0 Å². The van der Waals surface area contributed by atoms with E-state index in [2.05, 4.69) is 39.5 Å². The summed E-state index contributed by atoms with van der Waals surface area (Å²) in [5.74, 6) is -1.02. The van der Waals surface area contributed by atoms with Gasteiger partial charge in [0.2, 0.25) is 0 Å². The second kappa shape index (κ2) is 11.4. The number of anilines is 1. The van der Waals surface area contributed by atoms with E-state index in [4.69, 9.17) is 4.74 Å². The molecular weight excluding hydrogens is 538 g/mol. The summed E-state index contributed by atoms with van der Waals surface area (Å²) in [7, 11) is 0.619. The number of ether oxygens (including phenoxy) is 1. The van der Waals surface area contributed by atoms with E-state index in [9.17, 15) is 13.9 Å². The number of esters is 1. The lowest BCUT2D eigenvalue weighted by molar-refractivity contribution is -0.147. The molecule has 218 valence electrons. The number of carbonyl (C=O) groups excluding carboxylic acids is 1. The molecule has 2 unspecified atom stereocenters. The lowest BCUT2D eigenvalue weighted by Gasteiger charge is -2.42. The van der Waals surface area contributed by atoms with Gasteiger partial charge in [0.05, 0.1) is 28.6 Å². The zero-order valence-electron chi connectivity index (χ0n) is 24.5. The molecule has 0 radical (unpaired) electrons. The van der Waals surface area contributed by atoms with Gasteiger partial charge in [0.1, 0.15) is 5.52 Å². The first-order valence-electron chi connectivity index (χ1n) is 13.9. The van der Waals surface area contributed by atoms with Crippen LogP contribution in [-0.4, -0.2) is 61.1 Å². The largest absolute Gasteiger partial charge is 0.466 e. The van der Waals surface area contributed by atoms with Gasteiger partial charge in [-0.05, 0) is 66.8 Å². The molecule has 0 amide bonds. The summed E-state index contributed by atoms with van der Waals surface area (Å²) in [4.78, 5) is 15.7. The number of hydrogen-bond donors (Lipinski definition) is 2. The number of benzene rings is 3. The molecule has 0 saturated heterocycles. The van der Waals surface area contributed by atoms with Crippen LogP contribution < -0.4 is 4.90 Å². The first-order chi connectivity index (χ1) is 19.5. The Morgan fingerprint density at radius 2 is 1.83 bits per heavy atom. The van der Waals surface area contributed by atoms with Gasteiger partial charge in [-0.3, -0.25) is 13.9 Å². The van der Waals surface area contributed by atoms with E-state index in [1.807, 2.05) is 66.1 Å². The number of carbonyl (C=O) groups is 1. The third-order valence-electron chi connectivity index (χ3n) is 8.27. The first-order valence-corrected chi connectivity index (χ1v) is 15.4. The SMILES string of the molecule is CCOC(=O)C(C)C(c1ccc(C)c(CN2CCN(C)c3ccccc3S2(O)O)c1)c1ccc2c(nnn2C)c1C. The molecule has 5 rings (SSSR count). The van der Waals surface area contributed by atoms with Crippen molar-refractivity contribution in [2.75, 3.05) is 31.6 Å². The molecule has 0 fully saturated rings. The van der Waals surface area contributed by atoms with E-state index in [1.54, 1.807) is 15.1 Å². The second-order valence-corrected chi connectivity index (χ2v) is 12.8. The molecule has 2 N–H and O–H groups in total. The Morgan fingerprint density at radius 1 is 1.07 bits per heavy atom. The number of rotatable bonds is 7. The van der Waals surface area contributed by atoms with Crippen LogP contribution in [0.25, 0.3) is 11.0 Å². The Kier molecular flexibility index (Phi) is 8.11. The molecular formula is C31H39N5O4S. The standard InChI is InChI=1S/C31H39N5O4S/c1-7-40-31(37)22(4)29(25-14-15-27-30(21(25)3)32-33-35(27)6)23-13-12-20(2)24(18-23)19-36-17-16-34(5)26-10-8-9-11-28(26)41(36,38)39/h8-15,18,22,29,38-39H,7,16-17,19H2,1-6H3. The summed E-state index contributed by atoms with van der Waals surface area (Å²) in [5.41, 5.74) is 7.50. The van der Waals surface area contributed by atoms with Gasteiger partial charge in [-0.15, -0.1) is 15.9 Å². The predicted molar refractivity (Wildman–Crippen MR) is 163 cm³/mol. The minimum atomic E-state index is -3.22. The molecule has 0 saturated carbocycles. The summed E-state index contributed by atoms with van der Waals surface area (Å²) in [6, 6.07) is 17.7. The lowest BCUT2D eigenvalue weighted by atomic mass is 9.78. The topological polar surface area (TPSA) is 104 Å². The fourth-order valence-electron chi connectivity index (χ4n) is 5.80. The molecule has 0 bridgehead atoms. The molecule has 0 spiro atoms. The Hall–Kier alpha value is -3.44. The van der Waals surface area contributed by atoms with Crippen molar-refractivity contribution in [3.05, 3.63) is 82.4 Å². The molecule has 0 aliphatic carbocycles. The average Bonchev–Trinajstić information content (AvgIpc) is 3.30. The quantitative estimate of drug-likeness (QED) is 0.262. The van der Waals surface area contributed by atoms with E-state index in [0.717, 1.165) is 44.5 Å². The molecule has 2 atom stereocenters. The maximum Gasteiger partial charge on any atom is 0.309 e. The monoisotopic (exact) mass is 577 g/mol. The van der Waals surface area contributed by atoms with Crippen LogP contribution in [0.4, 0.5) is 5.69 Å². The van der Waals surface area contributed by atoms with Gasteiger partial charge in [0.15, 0.2) is 0 Å². The fraction of sp³-hybridized carbons (Fsp3) is 0.387. The Morgan fingerprint density at radius 3 is 2.59 bits per heavy atom. The van der Waals surface area contributed by atoms with Gasteiger partial charge in [-0.25, -0.2) is 4.68 Å². The fourth-order valence-corrected chi connectivity index (χ4v) is 7.50. The van der Waals surface area contributed by atoms with Crippen molar-refractivity contribution in [1.82, 2.24) is 19.3 Å². The normalized spacial score (nSPS) is 17.5. The maximum atomic E-state index is 13.1. The number of aryl methyl sites for hydroxylation is 3. The van der Waals surface area contributed by atoms with Crippen LogP contribution in [0.1, 0.15) is 47.6 Å². The zero-order chi connectivity index (χ0) is 29.5. The summed E-state index contributed by atoms with van der Waals surface area (Å²) in [5, 5.41) is 8.58. The predicted octanol–water partition coefficient (Wildman–Crippen LogP) is 5.89. The third kappa shape index (κ3) is 5.32. The number of aromatic nitrogens is 3. The second-order valence-electron chi connectivity index (χ2n) is 10.8. The summed E-state index contributed by atoms with van der Waals surface area (Å²) in [6.45, 7) is 9.58. The van der Waals surface area contributed by atoms with E-state index in [0.29, 0.717) is 31.1 Å². The number of fused-ring (bicyclic) bond motifs is 2. The highest BCUT2D eigenvalue weighted by Gasteiger charge is 2.34. The van der Waals surface area contributed by atoms with Gasteiger partial charge in [0.25, 0.3) is 0 Å². The van der Waals surface area contributed by atoms with Crippen LogP contribution in [0.5, 0.6) is 0 Å². The lowest BCUT2D eigenvalue weighted by Crippen LogP contribution is -2.31. The van der Waals surface area contributed by atoms with Crippen molar-refractivity contribution in [3.8, 4) is 0 Å². The number of nitrogens with zero attached hydrogens (tertiary/aromatic N) is 5. The minimum Gasteiger partial charge on any atom is -0.466 e. The molecule has 2 heterocycles. The van der Waals surface area contributed by atoms with Gasteiger partial charge in [0, 0.05) is 39.6 Å². The highest BCUT2D eigenvalue weighted by Crippen LogP contribution is 2.57. The van der Waals surface area contributed by atoms with Crippen LogP contribution in [0.2, 0.25) is 0 Å². The highest BCUT2D eigenvalue weighted by atomic mass is 32.3. The Balaban J connectivity index is 1.57. The smallest absolute Gasteiger partial charge is 0.309 e. The Bertz CT molecular complexity index is 1590. The van der Waals surface area contributed by atoms with Crippen molar-refractivity contribution in [2.45, 2.75) is 45.1 Å². The van der Waals surface area contributed by atoms with Gasteiger partial charge in [-0.2, -0.15) is 4.31 Å². The first kappa shape index (κ1) is 29.1. The summed E-state index contributed by atoms with van der Waals surface area (Å²) >= 11 is 0. The van der Waals surface area contributed by atoms with Gasteiger partial charge in [-0.1, -0.05) is 48.5 Å². The molecule has 1 aliphatic heterocycles. The minimum absolute atomic E-state index is 0.264. The molecule has 1 aliphatic rings. The summed E-state index contributed by atoms with van der Waals surface area (Å²) in [6.07, 6.45) is 0. The van der Waals surface area contributed by atoms with Crippen molar-refractivity contribution in [2.24, 2.45) is 13.0 Å². The van der Waals surface area contributed by atoms with Crippen molar-refractivity contribution >= 4 is 33.5 Å². The molecule has 10 heteroatoms. The third-order valence-corrected chi connectivity index (χ3v) is 10.2. The number of para-hydroxylation sites is 1. The molecule has 9 nitrogen and oxygen atoms in total. The van der Waals surface area contributed by atoms with Gasteiger partial charge >= 0.3 is 5.97 Å². The van der Waals surface area contributed by atoms with E-state index in [1.165, 1.54) is 0 Å². The van der Waals surface area contributed by atoms with E-state index < -0.39 is 16.7 Å². The summed E-state index contributed by atoms with van der Waals surface area (Å²) < 4.78 is 32.0. The molecule has 41 heavy (non-hydrogen) atoms. The molecule has 4 aromatic rings. The maximum absolute atomic E-state index is 13.1. The molecule has 3 aromatic carbocycles. The van der Waals surface area contributed by atoms with Crippen molar-refractivity contribution < 1.29 is 18.6 Å². The van der Waals surface area contributed by atoms with Crippen molar-refractivity contribution in [1.29, 1.82) is 0 Å². The van der Waals surface area contributed by atoms with Gasteiger partial charge < -0.3 is 9.64 Å². The Labute approximate surface area is 243 Å². The van der Waals surface area contributed by atoms with Crippen LogP contribution in [0.15, 0.2) is 59.5 Å². The van der Waals surface area contributed by atoms with Crippen molar-refractivity contribution in [3.63, 3.8) is 0 Å². The van der Waals surface area contributed by atoms with E-state index in [-0.39, 0.29) is 11.9 Å².